The lowest BCUT2D eigenvalue weighted by Crippen LogP contribution is -2.31. The van der Waals surface area contributed by atoms with E-state index in [1.807, 2.05) is 12.1 Å². The van der Waals surface area contributed by atoms with Crippen LogP contribution in [0.3, 0.4) is 0 Å². The van der Waals surface area contributed by atoms with Crippen molar-refractivity contribution in [3.8, 4) is 5.75 Å². The van der Waals surface area contributed by atoms with Gasteiger partial charge in [0.25, 0.3) is 0 Å². The lowest BCUT2D eigenvalue weighted by atomic mass is 10.1. The van der Waals surface area contributed by atoms with Gasteiger partial charge in [-0.2, -0.15) is 0 Å². The fourth-order valence-electron chi connectivity index (χ4n) is 2.12. The van der Waals surface area contributed by atoms with Crippen molar-refractivity contribution in [2.75, 3.05) is 24.3 Å². The summed E-state index contributed by atoms with van der Waals surface area (Å²) in [6.45, 7) is 0. The number of carbonyl (C=O) groups excluding carboxylic acids is 1. The van der Waals surface area contributed by atoms with E-state index in [2.05, 4.69) is 0 Å². The molecule has 1 atom stereocenters. The fraction of sp³-hybridized carbons (Fsp3) is 0.188. The van der Waals surface area contributed by atoms with E-state index in [-0.39, 0.29) is 0 Å². The zero-order valence-electron chi connectivity index (χ0n) is 12.3. The minimum Gasteiger partial charge on any atom is -0.478 e. The van der Waals surface area contributed by atoms with Gasteiger partial charge in [-0.05, 0) is 23.8 Å². The van der Waals surface area contributed by atoms with Gasteiger partial charge in [0, 0.05) is 35.6 Å². The normalized spacial score (nSPS) is 11.7. The first-order chi connectivity index (χ1) is 10.5. The minimum atomic E-state index is -0.812. The van der Waals surface area contributed by atoms with Crippen molar-refractivity contribution in [1.29, 1.82) is 0 Å². The van der Waals surface area contributed by atoms with Crippen LogP contribution in [-0.2, 0) is 16.0 Å². The van der Waals surface area contributed by atoms with Gasteiger partial charge in [-0.3, -0.25) is 0 Å². The highest BCUT2D eigenvalue weighted by atomic mass is 16.6. The Bertz CT molecular complexity index is 653. The van der Waals surface area contributed by atoms with Crippen LogP contribution in [-0.4, -0.2) is 19.2 Å². The monoisotopic (exact) mass is 301 g/mol. The molecule has 6 heteroatoms. The first-order valence-corrected chi connectivity index (χ1v) is 6.73. The first-order valence-electron chi connectivity index (χ1n) is 6.73. The van der Waals surface area contributed by atoms with Crippen LogP contribution in [0.2, 0.25) is 0 Å². The molecule has 2 rings (SSSR count). The van der Waals surface area contributed by atoms with Crippen LogP contribution in [0.1, 0.15) is 5.56 Å². The van der Waals surface area contributed by atoms with Gasteiger partial charge in [0.1, 0.15) is 5.75 Å². The van der Waals surface area contributed by atoms with Crippen LogP contribution in [0.4, 0.5) is 17.1 Å². The maximum atomic E-state index is 11.9. The molecule has 6 nitrogen and oxygen atoms in total. The van der Waals surface area contributed by atoms with E-state index in [1.165, 1.54) is 7.11 Å². The lowest BCUT2D eigenvalue weighted by Gasteiger charge is -2.18. The Balaban J connectivity index is 2.21. The number of nitrogen functional groups attached to an aromatic ring is 3. The quantitative estimate of drug-likeness (QED) is 0.571. The summed E-state index contributed by atoms with van der Waals surface area (Å²) >= 11 is 0. The summed E-state index contributed by atoms with van der Waals surface area (Å²) in [4.78, 5) is 11.9. The van der Waals surface area contributed by atoms with Crippen LogP contribution in [0.25, 0.3) is 0 Å². The van der Waals surface area contributed by atoms with E-state index in [0.29, 0.717) is 29.2 Å². The van der Waals surface area contributed by atoms with Crippen molar-refractivity contribution in [3.63, 3.8) is 0 Å². The molecule has 0 aliphatic carbocycles. The van der Waals surface area contributed by atoms with Crippen molar-refractivity contribution in [1.82, 2.24) is 0 Å². The van der Waals surface area contributed by atoms with Gasteiger partial charge in [-0.1, -0.05) is 12.1 Å². The van der Waals surface area contributed by atoms with Crippen LogP contribution in [0.15, 0.2) is 42.5 Å². The largest absolute Gasteiger partial charge is 0.478 e. The summed E-state index contributed by atoms with van der Waals surface area (Å²) < 4.78 is 10.5. The number of benzene rings is 2. The summed E-state index contributed by atoms with van der Waals surface area (Å²) in [5.74, 6) is -0.0692. The Hall–Kier alpha value is -2.89. The molecule has 1 unspecified atom stereocenters. The van der Waals surface area contributed by atoms with Crippen LogP contribution in [0.5, 0.6) is 5.75 Å². The van der Waals surface area contributed by atoms with Gasteiger partial charge < -0.3 is 26.7 Å². The second kappa shape index (κ2) is 6.71. The number of carbonyl (C=O) groups is 1. The summed E-state index contributed by atoms with van der Waals surface area (Å²) in [5, 5.41) is 0. The zero-order valence-corrected chi connectivity index (χ0v) is 12.3. The number of esters is 1. The van der Waals surface area contributed by atoms with Crippen LogP contribution in [0, 0.1) is 0 Å². The van der Waals surface area contributed by atoms with E-state index in [4.69, 9.17) is 26.7 Å². The average molecular weight is 301 g/mol. The molecule has 0 fully saturated rings. The second-order valence-electron chi connectivity index (χ2n) is 4.91. The summed E-state index contributed by atoms with van der Waals surface area (Å²) in [6.07, 6.45) is -0.486. The third kappa shape index (κ3) is 4.05. The molecule has 0 aliphatic heterocycles. The molecule has 0 saturated heterocycles. The molecule has 0 heterocycles. The number of anilines is 3. The molecule has 0 amide bonds. The topological polar surface area (TPSA) is 114 Å². The molecule has 2 aromatic rings. The summed E-state index contributed by atoms with van der Waals surface area (Å²) in [5.41, 5.74) is 19.6. The molecule has 2 aromatic carbocycles. The minimum absolute atomic E-state index is 0.326. The highest BCUT2D eigenvalue weighted by molar-refractivity contribution is 5.75. The SMILES string of the molecule is COC(=O)C(Cc1cccc(N)c1)Oc1cc(N)cc(N)c1. The molecule has 0 radical (unpaired) electrons. The molecule has 0 bridgehead atoms. The maximum absolute atomic E-state index is 11.9. The predicted molar refractivity (Wildman–Crippen MR) is 86.3 cm³/mol. The van der Waals surface area contributed by atoms with Gasteiger partial charge in [0.2, 0.25) is 0 Å². The van der Waals surface area contributed by atoms with Crippen molar-refractivity contribution >= 4 is 23.0 Å². The van der Waals surface area contributed by atoms with Gasteiger partial charge in [0.05, 0.1) is 7.11 Å². The number of hydrogen-bond acceptors (Lipinski definition) is 6. The fourth-order valence-corrected chi connectivity index (χ4v) is 2.12. The van der Waals surface area contributed by atoms with Gasteiger partial charge in [-0.15, -0.1) is 0 Å². The Morgan fingerprint density at radius 2 is 1.73 bits per heavy atom. The van der Waals surface area contributed by atoms with E-state index >= 15 is 0 Å². The highest BCUT2D eigenvalue weighted by Gasteiger charge is 2.22. The van der Waals surface area contributed by atoms with E-state index in [9.17, 15) is 4.79 Å². The molecule has 0 aromatic heterocycles. The Morgan fingerprint density at radius 3 is 2.32 bits per heavy atom. The van der Waals surface area contributed by atoms with Crippen molar-refractivity contribution in [3.05, 3.63) is 48.0 Å². The lowest BCUT2D eigenvalue weighted by molar-refractivity contribution is -0.148. The summed E-state index contributed by atoms with van der Waals surface area (Å²) in [7, 11) is 1.31. The van der Waals surface area contributed by atoms with Gasteiger partial charge >= 0.3 is 5.97 Å². The number of hydrogen-bond donors (Lipinski definition) is 3. The maximum Gasteiger partial charge on any atom is 0.347 e. The number of nitrogens with two attached hydrogens (primary N) is 3. The van der Waals surface area contributed by atoms with Crippen molar-refractivity contribution in [2.45, 2.75) is 12.5 Å². The molecular weight excluding hydrogens is 282 g/mol. The molecular formula is C16H19N3O3. The van der Waals surface area contributed by atoms with E-state index in [0.717, 1.165) is 5.56 Å². The number of ether oxygens (including phenoxy) is 2. The first kappa shape index (κ1) is 15.5. The molecule has 116 valence electrons. The second-order valence-corrected chi connectivity index (χ2v) is 4.91. The van der Waals surface area contributed by atoms with Crippen LogP contribution >= 0.6 is 0 Å². The summed E-state index contributed by atoms with van der Waals surface area (Å²) in [6, 6.07) is 12.1. The molecule has 0 saturated carbocycles. The standard InChI is InChI=1S/C16H19N3O3/c1-21-16(20)15(6-10-3-2-4-11(17)5-10)22-14-8-12(18)7-13(19)9-14/h2-5,7-9,15H,6,17-19H2,1H3. The average Bonchev–Trinajstić information content (AvgIpc) is 2.44. The zero-order chi connectivity index (χ0) is 16.1. The molecule has 0 aliphatic rings. The predicted octanol–water partition coefficient (Wildman–Crippen LogP) is 1.60. The van der Waals surface area contributed by atoms with E-state index in [1.54, 1.807) is 30.3 Å². The number of methoxy groups -OCH3 is 1. The van der Waals surface area contributed by atoms with Crippen molar-refractivity contribution < 1.29 is 14.3 Å². The van der Waals surface area contributed by atoms with Gasteiger partial charge in [0.15, 0.2) is 6.10 Å². The van der Waals surface area contributed by atoms with Gasteiger partial charge in [-0.25, -0.2) is 4.79 Å². The number of rotatable bonds is 5. The Kier molecular flexibility index (Phi) is 4.73. The third-order valence-corrected chi connectivity index (χ3v) is 3.07. The molecule has 6 N–H and O–H groups in total. The Morgan fingerprint density at radius 1 is 1.05 bits per heavy atom. The van der Waals surface area contributed by atoms with Crippen molar-refractivity contribution in [2.24, 2.45) is 0 Å². The molecule has 0 spiro atoms. The molecule has 22 heavy (non-hydrogen) atoms. The smallest absolute Gasteiger partial charge is 0.347 e. The highest BCUT2D eigenvalue weighted by Crippen LogP contribution is 2.23. The Labute approximate surface area is 128 Å². The van der Waals surface area contributed by atoms with E-state index < -0.39 is 12.1 Å². The van der Waals surface area contributed by atoms with Crippen LogP contribution < -0.4 is 21.9 Å². The third-order valence-electron chi connectivity index (χ3n) is 3.07.